The van der Waals surface area contributed by atoms with Crippen LogP contribution in [0.4, 0.5) is 0 Å². The zero-order valence-electron chi connectivity index (χ0n) is 8.92. The normalized spacial score (nSPS) is 21.4. The molecule has 0 saturated carbocycles. The van der Waals surface area contributed by atoms with Crippen LogP contribution in [0.3, 0.4) is 0 Å². The summed E-state index contributed by atoms with van der Waals surface area (Å²) in [4.78, 5) is 0. The van der Waals surface area contributed by atoms with E-state index >= 15 is 0 Å². The molecule has 0 heterocycles. The lowest BCUT2D eigenvalue weighted by molar-refractivity contribution is 0.459. The number of hydrogen-bond donors (Lipinski definition) is 1. The molecular formula is C13H19N. The fraction of sp³-hybridized carbons (Fsp3) is 0.538. The van der Waals surface area contributed by atoms with E-state index in [0.717, 1.165) is 12.5 Å². The van der Waals surface area contributed by atoms with Crippen LogP contribution in [0.5, 0.6) is 0 Å². The first-order valence-corrected chi connectivity index (χ1v) is 5.61. The van der Waals surface area contributed by atoms with E-state index in [1.54, 1.807) is 11.1 Å². The molecule has 1 heteroatoms. The fourth-order valence-electron chi connectivity index (χ4n) is 2.46. The second-order valence-corrected chi connectivity index (χ2v) is 4.29. The molecule has 1 nitrogen and oxygen atoms in total. The van der Waals surface area contributed by atoms with E-state index in [9.17, 15) is 0 Å². The van der Waals surface area contributed by atoms with Gasteiger partial charge in [0.15, 0.2) is 0 Å². The molecule has 1 aromatic carbocycles. The molecule has 1 N–H and O–H groups in total. The summed E-state index contributed by atoms with van der Waals surface area (Å²) in [6, 6.07) is 8.91. The first-order chi connectivity index (χ1) is 6.90. The minimum absolute atomic E-state index is 0.837. The van der Waals surface area contributed by atoms with Gasteiger partial charge in [0.1, 0.15) is 0 Å². The number of fused-ring (bicyclic) bond motifs is 1. The van der Waals surface area contributed by atoms with Gasteiger partial charge in [-0.2, -0.15) is 0 Å². The average Bonchev–Trinajstić information content (AvgIpc) is 2.40. The molecule has 0 saturated heterocycles. The van der Waals surface area contributed by atoms with Gasteiger partial charge in [-0.25, -0.2) is 0 Å². The highest BCUT2D eigenvalue weighted by Gasteiger charge is 2.15. The summed E-state index contributed by atoms with van der Waals surface area (Å²) in [5.74, 6) is 0.837. The predicted octanol–water partition coefficient (Wildman–Crippen LogP) is 2.40. The largest absolute Gasteiger partial charge is 0.319 e. The molecule has 76 valence electrons. The van der Waals surface area contributed by atoms with Crippen LogP contribution in [0.15, 0.2) is 24.3 Å². The van der Waals surface area contributed by atoms with Crippen LogP contribution in [0, 0.1) is 5.92 Å². The van der Waals surface area contributed by atoms with E-state index in [4.69, 9.17) is 0 Å². The van der Waals surface area contributed by atoms with Crippen molar-refractivity contribution >= 4 is 0 Å². The molecule has 0 amide bonds. The summed E-state index contributed by atoms with van der Waals surface area (Å²) in [7, 11) is 2.05. The van der Waals surface area contributed by atoms with Gasteiger partial charge in [0.2, 0.25) is 0 Å². The number of benzene rings is 1. The summed E-state index contributed by atoms with van der Waals surface area (Å²) in [6.07, 6.45) is 5.26. The van der Waals surface area contributed by atoms with Crippen molar-refractivity contribution in [2.45, 2.75) is 25.7 Å². The third-order valence-corrected chi connectivity index (χ3v) is 3.18. The predicted molar refractivity (Wildman–Crippen MR) is 60.5 cm³/mol. The van der Waals surface area contributed by atoms with Gasteiger partial charge in [0, 0.05) is 0 Å². The molecular weight excluding hydrogens is 170 g/mol. The van der Waals surface area contributed by atoms with Crippen molar-refractivity contribution in [2.24, 2.45) is 5.92 Å². The van der Waals surface area contributed by atoms with E-state index in [2.05, 4.69) is 36.6 Å². The molecule has 1 aliphatic carbocycles. The van der Waals surface area contributed by atoms with E-state index in [0.29, 0.717) is 0 Å². The molecule has 0 radical (unpaired) electrons. The van der Waals surface area contributed by atoms with Crippen molar-refractivity contribution in [3.05, 3.63) is 35.4 Å². The Morgan fingerprint density at radius 2 is 2.07 bits per heavy atom. The Hall–Kier alpha value is -0.820. The fourth-order valence-corrected chi connectivity index (χ4v) is 2.46. The smallest absolute Gasteiger partial charge is 0.00203 e. The lowest BCUT2D eigenvalue weighted by Crippen LogP contribution is -2.20. The van der Waals surface area contributed by atoms with E-state index in [1.165, 1.54) is 25.7 Å². The number of aryl methyl sites for hydroxylation is 1. The van der Waals surface area contributed by atoms with Crippen LogP contribution in [0.1, 0.15) is 24.0 Å². The zero-order valence-corrected chi connectivity index (χ0v) is 8.92. The molecule has 0 aliphatic heterocycles. The maximum Gasteiger partial charge on any atom is -0.00203 e. The van der Waals surface area contributed by atoms with Crippen molar-refractivity contribution < 1.29 is 0 Å². The van der Waals surface area contributed by atoms with Crippen LogP contribution >= 0.6 is 0 Å². The summed E-state index contributed by atoms with van der Waals surface area (Å²) < 4.78 is 0. The van der Waals surface area contributed by atoms with Gasteiger partial charge >= 0.3 is 0 Å². The molecule has 0 fully saturated rings. The quantitative estimate of drug-likeness (QED) is 0.704. The number of rotatable bonds is 2. The number of hydrogen-bond acceptors (Lipinski definition) is 1. The highest BCUT2D eigenvalue weighted by atomic mass is 14.8. The van der Waals surface area contributed by atoms with Crippen molar-refractivity contribution in [3.8, 4) is 0 Å². The lowest BCUT2D eigenvalue weighted by atomic mass is 9.97. The average molecular weight is 189 g/mol. The maximum absolute atomic E-state index is 3.30. The molecule has 0 bridgehead atoms. The third kappa shape index (κ3) is 2.16. The number of nitrogens with one attached hydrogen (secondary N) is 1. The Balaban J connectivity index is 2.14. The Labute approximate surface area is 86.5 Å². The molecule has 1 unspecified atom stereocenters. The molecule has 0 spiro atoms. The van der Waals surface area contributed by atoms with Crippen molar-refractivity contribution in [3.63, 3.8) is 0 Å². The molecule has 1 aromatic rings. The van der Waals surface area contributed by atoms with Gasteiger partial charge in [-0.15, -0.1) is 0 Å². The van der Waals surface area contributed by atoms with Crippen molar-refractivity contribution in [1.29, 1.82) is 0 Å². The van der Waals surface area contributed by atoms with Crippen LogP contribution < -0.4 is 5.32 Å². The Bertz CT molecular complexity index is 293. The lowest BCUT2D eigenvalue weighted by Gasteiger charge is -2.13. The van der Waals surface area contributed by atoms with Gasteiger partial charge in [-0.3, -0.25) is 0 Å². The SMILES string of the molecule is CNCC1CCCc2ccccc2C1. The minimum atomic E-state index is 0.837. The monoisotopic (exact) mass is 189 g/mol. The Kier molecular flexibility index (Phi) is 3.20. The van der Waals surface area contributed by atoms with E-state index < -0.39 is 0 Å². The first kappa shape index (κ1) is 9.72. The Morgan fingerprint density at radius 3 is 2.86 bits per heavy atom. The van der Waals surface area contributed by atoms with Crippen LogP contribution in [0.25, 0.3) is 0 Å². The van der Waals surface area contributed by atoms with Crippen molar-refractivity contribution in [1.82, 2.24) is 5.32 Å². The summed E-state index contributed by atoms with van der Waals surface area (Å²) >= 11 is 0. The molecule has 1 atom stereocenters. The van der Waals surface area contributed by atoms with Gasteiger partial charge in [0.05, 0.1) is 0 Å². The van der Waals surface area contributed by atoms with Crippen LogP contribution in [-0.4, -0.2) is 13.6 Å². The third-order valence-electron chi connectivity index (χ3n) is 3.18. The standard InChI is InChI=1S/C13H19N/c1-14-10-11-5-4-8-12-6-2-3-7-13(12)9-11/h2-3,6-7,11,14H,4-5,8-10H2,1H3. The van der Waals surface area contributed by atoms with E-state index in [1.807, 2.05) is 0 Å². The maximum atomic E-state index is 3.30. The minimum Gasteiger partial charge on any atom is -0.319 e. The van der Waals surface area contributed by atoms with Gasteiger partial charge in [0.25, 0.3) is 0 Å². The topological polar surface area (TPSA) is 12.0 Å². The molecule has 2 rings (SSSR count). The highest BCUT2D eigenvalue weighted by Crippen LogP contribution is 2.23. The van der Waals surface area contributed by atoms with E-state index in [-0.39, 0.29) is 0 Å². The van der Waals surface area contributed by atoms with Crippen LogP contribution in [0.2, 0.25) is 0 Å². The van der Waals surface area contributed by atoms with Gasteiger partial charge in [-0.05, 0) is 56.3 Å². The summed E-state index contributed by atoms with van der Waals surface area (Å²) in [6.45, 7) is 1.16. The zero-order chi connectivity index (χ0) is 9.80. The van der Waals surface area contributed by atoms with Crippen molar-refractivity contribution in [2.75, 3.05) is 13.6 Å². The van der Waals surface area contributed by atoms with Crippen LogP contribution in [-0.2, 0) is 12.8 Å². The first-order valence-electron chi connectivity index (χ1n) is 5.61. The van der Waals surface area contributed by atoms with Gasteiger partial charge < -0.3 is 5.32 Å². The second-order valence-electron chi connectivity index (χ2n) is 4.29. The summed E-state index contributed by atoms with van der Waals surface area (Å²) in [5.41, 5.74) is 3.15. The molecule has 0 aromatic heterocycles. The van der Waals surface area contributed by atoms with Gasteiger partial charge in [-0.1, -0.05) is 24.3 Å². The molecule has 14 heavy (non-hydrogen) atoms. The molecule has 1 aliphatic rings. The Morgan fingerprint density at radius 1 is 1.29 bits per heavy atom. The summed E-state index contributed by atoms with van der Waals surface area (Å²) in [5, 5.41) is 3.30. The second kappa shape index (κ2) is 4.61. The highest BCUT2D eigenvalue weighted by molar-refractivity contribution is 5.28.